The molecule has 3 aromatic rings. The number of hydrogen-bond acceptors (Lipinski definition) is 5. The molecular weight excluding hydrogens is 358 g/mol. The zero-order chi connectivity index (χ0) is 20.3. The minimum atomic E-state index is -0.661. The average molecular weight is 379 g/mol. The van der Waals surface area contributed by atoms with Gasteiger partial charge in [-0.2, -0.15) is 0 Å². The molecule has 0 unspecified atom stereocenters. The molecule has 7 heteroatoms. The van der Waals surface area contributed by atoms with Crippen molar-refractivity contribution < 1.29 is 19.1 Å². The summed E-state index contributed by atoms with van der Waals surface area (Å²) in [6.45, 7) is 5.06. The summed E-state index contributed by atoms with van der Waals surface area (Å²) in [5.41, 5.74) is 1.23. The lowest BCUT2D eigenvalue weighted by Crippen LogP contribution is -2.27. The highest BCUT2D eigenvalue weighted by Crippen LogP contribution is 2.18. The quantitative estimate of drug-likeness (QED) is 0.542. The molecule has 0 atom stereocenters. The molecule has 144 valence electrons. The van der Waals surface area contributed by atoms with Gasteiger partial charge in [-0.25, -0.2) is 9.78 Å². The van der Waals surface area contributed by atoms with Gasteiger partial charge in [0.1, 0.15) is 5.65 Å². The summed E-state index contributed by atoms with van der Waals surface area (Å²) >= 11 is 0. The van der Waals surface area contributed by atoms with Crippen LogP contribution in [0.25, 0.3) is 5.65 Å². The van der Waals surface area contributed by atoms with Crippen LogP contribution >= 0.6 is 0 Å². The molecule has 0 spiro atoms. The molecule has 0 aliphatic carbocycles. The number of imidazole rings is 1. The Bertz CT molecular complexity index is 997. The number of nitrogens with zero attached hydrogens (tertiary/aromatic N) is 2. The van der Waals surface area contributed by atoms with Crippen molar-refractivity contribution in [1.82, 2.24) is 9.38 Å². The van der Waals surface area contributed by atoms with E-state index < -0.39 is 11.4 Å². The number of benzene rings is 1. The van der Waals surface area contributed by atoms with Gasteiger partial charge in [-0.1, -0.05) is 26.8 Å². The monoisotopic (exact) mass is 379 g/mol. The lowest BCUT2D eigenvalue weighted by Gasteiger charge is -2.17. The van der Waals surface area contributed by atoms with Gasteiger partial charge in [0, 0.05) is 29.1 Å². The predicted molar refractivity (Wildman–Crippen MR) is 104 cm³/mol. The van der Waals surface area contributed by atoms with Crippen molar-refractivity contribution in [3.05, 3.63) is 66.1 Å². The molecule has 0 bridgehead atoms. The Morgan fingerprint density at radius 3 is 2.43 bits per heavy atom. The highest BCUT2D eigenvalue weighted by Gasteiger charge is 2.21. The number of amides is 1. The van der Waals surface area contributed by atoms with E-state index in [1.807, 2.05) is 32.9 Å². The van der Waals surface area contributed by atoms with Crippen molar-refractivity contribution in [3.63, 3.8) is 0 Å². The molecule has 2 aromatic heterocycles. The summed E-state index contributed by atoms with van der Waals surface area (Å²) < 4.78 is 6.78. The third-order valence-corrected chi connectivity index (χ3v) is 4.05. The molecule has 1 N–H and O–H groups in total. The summed E-state index contributed by atoms with van der Waals surface area (Å²) in [4.78, 5) is 40.5. The standard InChI is InChI=1S/C21H21N3O4/c1-21(2,3)20(27)22-15-9-7-14(8-10-15)17(25)13-28-19(26)16-12-24-11-5-4-6-18(24)23-16/h4-12H,13H2,1-3H3,(H,22,27). The molecule has 0 saturated heterocycles. The molecule has 0 fully saturated rings. The first kappa shape index (κ1) is 19.3. The third-order valence-electron chi connectivity index (χ3n) is 4.05. The molecule has 0 aliphatic rings. The number of aromatic nitrogens is 2. The van der Waals surface area contributed by atoms with Crippen LogP contribution in [-0.4, -0.2) is 33.7 Å². The number of Topliss-reactive ketones (excluding diaryl/α,β-unsaturated/α-hetero) is 1. The number of nitrogens with one attached hydrogen (secondary N) is 1. The van der Waals surface area contributed by atoms with E-state index in [-0.39, 0.29) is 24.0 Å². The van der Waals surface area contributed by atoms with E-state index in [9.17, 15) is 14.4 Å². The van der Waals surface area contributed by atoms with Gasteiger partial charge in [-0.3, -0.25) is 9.59 Å². The third kappa shape index (κ3) is 4.43. The molecule has 28 heavy (non-hydrogen) atoms. The molecule has 1 amide bonds. The maximum absolute atomic E-state index is 12.3. The van der Waals surface area contributed by atoms with Crippen LogP contribution in [0.15, 0.2) is 54.9 Å². The molecular formula is C21H21N3O4. The SMILES string of the molecule is CC(C)(C)C(=O)Nc1ccc(C(=O)COC(=O)c2cn3ccccc3n2)cc1. The summed E-state index contributed by atoms with van der Waals surface area (Å²) in [5.74, 6) is -1.12. The predicted octanol–water partition coefficient (Wildman–Crippen LogP) is 3.36. The largest absolute Gasteiger partial charge is 0.453 e. The minimum Gasteiger partial charge on any atom is -0.453 e. The number of carbonyl (C=O) groups excluding carboxylic acids is 3. The van der Waals surface area contributed by atoms with E-state index in [4.69, 9.17) is 4.74 Å². The zero-order valence-corrected chi connectivity index (χ0v) is 15.9. The smallest absolute Gasteiger partial charge is 0.359 e. The van der Waals surface area contributed by atoms with Gasteiger partial charge in [0.05, 0.1) is 0 Å². The average Bonchev–Trinajstić information content (AvgIpc) is 3.10. The number of ether oxygens (including phenoxy) is 1. The van der Waals surface area contributed by atoms with Gasteiger partial charge in [0.25, 0.3) is 0 Å². The summed E-state index contributed by atoms with van der Waals surface area (Å²) in [5, 5.41) is 2.79. The summed E-state index contributed by atoms with van der Waals surface area (Å²) in [7, 11) is 0. The lowest BCUT2D eigenvalue weighted by molar-refractivity contribution is -0.123. The number of rotatable bonds is 5. The van der Waals surface area contributed by atoms with Crippen LogP contribution in [0.1, 0.15) is 41.6 Å². The molecule has 2 heterocycles. The summed E-state index contributed by atoms with van der Waals surface area (Å²) in [6, 6.07) is 11.8. The van der Waals surface area contributed by atoms with E-state index in [0.717, 1.165) is 0 Å². The number of anilines is 1. The number of fused-ring (bicyclic) bond motifs is 1. The van der Waals surface area contributed by atoms with E-state index in [1.165, 1.54) is 0 Å². The van der Waals surface area contributed by atoms with Crippen LogP contribution in [0, 0.1) is 5.41 Å². The number of hydrogen-bond donors (Lipinski definition) is 1. The highest BCUT2D eigenvalue weighted by molar-refractivity contribution is 6.00. The molecule has 0 radical (unpaired) electrons. The topological polar surface area (TPSA) is 89.8 Å². The van der Waals surface area contributed by atoms with Crippen molar-refractivity contribution in [2.75, 3.05) is 11.9 Å². The molecule has 0 saturated carbocycles. The van der Waals surface area contributed by atoms with Crippen LogP contribution in [-0.2, 0) is 9.53 Å². The van der Waals surface area contributed by atoms with Gasteiger partial charge in [-0.05, 0) is 36.4 Å². The molecule has 1 aromatic carbocycles. The van der Waals surface area contributed by atoms with Crippen LogP contribution in [0.4, 0.5) is 5.69 Å². The van der Waals surface area contributed by atoms with Crippen LogP contribution in [0.2, 0.25) is 0 Å². The first-order chi connectivity index (χ1) is 13.2. The number of esters is 1. The van der Waals surface area contributed by atoms with E-state index >= 15 is 0 Å². The number of ketones is 1. The van der Waals surface area contributed by atoms with Crippen LogP contribution in [0.5, 0.6) is 0 Å². The van der Waals surface area contributed by atoms with Gasteiger partial charge in [-0.15, -0.1) is 0 Å². The maximum Gasteiger partial charge on any atom is 0.359 e. The second-order valence-corrected chi connectivity index (χ2v) is 7.37. The maximum atomic E-state index is 12.3. The van der Waals surface area contributed by atoms with Crippen molar-refractivity contribution >= 4 is 29.0 Å². The van der Waals surface area contributed by atoms with Crippen LogP contribution in [0.3, 0.4) is 0 Å². The Balaban J connectivity index is 1.58. The molecule has 7 nitrogen and oxygen atoms in total. The summed E-state index contributed by atoms with van der Waals surface area (Å²) in [6.07, 6.45) is 3.32. The van der Waals surface area contributed by atoms with Crippen molar-refractivity contribution in [3.8, 4) is 0 Å². The highest BCUT2D eigenvalue weighted by atomic mass is 16.5. The second kappa shape index (κ2) is 7.64. The Morgan fingerprint density at radius 1 is 1.07 bits per heavy atom. The van der Waals surface area contributed by atoms with Gasteiger partial charge in [0.2, 0.25) is 5.91 Å². The van der Waals surface area contributed by atoms with E-state index in [2.05, 4.69) is 10.3 Å². The Morgan fingerprint density at radius 2 is 1.79 bits per heavy atom. The van der Waals surface area contributed by atoms with Gasteiger partial charge >= 0.3 is 5.97 Å². The fourth-order valence-electron chi connectivity index (χ4n) is 2.38. The molecule has 0 aliphatic heterocycles. The fraction of sp³-hybridized carbons (Fsp3) is 0.238. The second-order valence-electron chi connectivity index (χ2n) is 7.37. The Labute approximate surface area is 162 Å². The fourth-order valence-corrected chi connectivity index (χ4v) is 2.38. The first-order valence-corrected chi connectivity index (χ1v) is 8.79. The van der Waals surface area contributed by atoms with Crippen molar-refractivity contribution in [2.24, 2.45) is 5.41 Å². The normalized spacial score (nSPS) is 11.2. The minimum absolute atomic E-state index is 0.118. The number of carbonyl (C=O) groups is 3. The first-order valence-electron chi connectivity index (χ1n) is 8.79. The lowest BCUT2D eigenvalue weighted by atomic mass is 9.95. The number of pyridine rings is 1. The van der Waals surface area contributed by atoms with E-state index in [0.29, 0.717) is 16.9 Å². The Kier molecular flexibility index (Phi) is 5.26. The van der Waals surface area contributed by atoms with Crippen molar-refractivity contribution in [1.29, 1.82) is 0 Å². The van der Waals surface area contributed by atoms with Gasteiger partial charge < -0.3 is 14.5 Å². The molecule has 3 rings (SSSR count). The van der Waals surface area contributed by atoms with E-state index in [1.54, 1.807) is 47.1 Å². The van der Waals surface area contributed by atoms with Gasteiger partial charge in [0.15, 0.2) is 18.1 Å². The van der Waals surface area contributed by atoms with Crippen molar-refractivity contribution in [2.45, 2.75) is 20.8 Å². The zero-order valence-electron chi connectivity index (χ0n) is 15.9. The van der Waals surface area contributed by atoms with Crippen LogP contribution < -0.4 is 5.32 Å². The Hall–Kier alpha value is -3.48.